The van der Waals surface area contributed by atoms with Crippen molar-refractivity contribution in [3.63, 3.8) is 0 Å². The van der Waals surface area contributed by atoms with E-state index < -0.39 is 18.1 Å². The molecule has 0 spiro atoms. The number of nitrogens with zero attached hydrogens (tertiary/aromatic N) is 1. The largest absolute Gasteiger partial charge is 0.480 e. The summed E-state index contributed by atoms with van der Waals surface area (Å²) in [7, 11) is 0. The van der Waals surface area contributed by atoms with Gasteiger partial charge in [0.1, 0.15) is 11.8 Å². The molecule has 0 radical (unpaired) electrons. The first-order valence-corrected chi connectivity index (χ1v) is 8.01. The van der Waals surface area contributed by atoms with Crippen molar-refractivity contribution >= 4 is 35.2 Å². The van der Waals surface area contributed by atoms with E-state index in [0.717, 1.165) is 5.56 Å². The van der Waals surface area contributed by atoms with E-state index in [0.29, 0.717) is 22.9 Å². The van der Waals surface area contributed by atoms with Gasteiger partial charge in [0, 0.05) is 17.2 Å². The van der Waals surface area contributed by atoms with E-state index >= 15 is 0 Å². The van der Waals surface area contributed by atoms with Crippen molar-refractivity contribution < 1.29 is 19.4 Å². The summed E-state index contributed by atoms with van der Waals surface area (Å²) < 4.78 is 5.66. The molecular weight excluding hydrogens is 314 g/mol. The molecule has 0 aliphatic carbocycles. The molecule has 2 aliphatic rings. The molecule has 2 heterocycles. The highest BCUT2D eigenvalue weighted by molar-refractivity contribution is 8.00. The molecule has 0 bridgehead atoms. The van der Waals surface area contributed by atoms with E-state index in [9.17, 15) is 14.7 Å². The monoisotopic (exact) mass is 327 g/mol. The zero-order valence-electron chi connectivity index (χ0n) is 11.3. The number of carboxylic acids is 1. The fourth-order valence-corrected chi connectivity index (χ4v) is 4.06. The maximum absolute atomic E-state index is 12.6. The lowest BCUT2D eigenvalue weighted by atomic mass is 10.1. The van der Waals surface area contributed by atoms with Gasteiger partial charge in [0.15, 0.2) is 6.10 Å². The lowest BCUT2D eigenvalue weighted by Crippen LogP contribution is -2.50. The topological polar surface area (TPSA) is 66.8 Å². The van der Waals surface area contributed by atoms with Crippen LogP contribution in [0.5, 0.6) is 5.75 Å². The van der Waals surface area contributed by atoms with Crippen molar-refractivity contribution in [2.75, 3.05) is 5.75 Å². The number of hydrogen-bond acceptors (Lipinski definition) is 4. The molecule has 2 aliphatic heterocycles. The fraction of sp³-hybridized carbons (Fsp3) is 0.429. The third-order valence-corrected chi connectivity index (χ3v) is 5.19. The smallest absolute Gasteiger partial charge is 0.327 e. The molecule has 5 nitrogen and oxygen atoms in total. The first-order valence-electron chi connectivity index (χ1n) is 6.59. The van der Waals surface area contributed by atoms with Crippen LogP contribution in [0.2, 0.25) is 5.02 Å². The molecule has 3 atom stereocenters. The summed E-state index contributed by atoms with van der Waals surface area (Å²) in [6.07, 6.45) is -0.240. The van der Waals surface area contributed by atoms with E-state index in [1.807, 2.05) is 6.92 Å². The Bertz CT molecular complexity index is 609. The van der Waals surface area contributed by atoms with Crippen LogP contribution in [0.4, 0.5) is 0 Å². The second kappa shape index (κ2) is 5.42. The number of aliphatic carboxylic acids is 1. The minimum atomic E-state index is -0.973. The lowest BCUT2D eigenvalue weighted by Gasteiger charge is -2.27. The Morgan fingerprint density at radius 1 is 1.48 bits per heavy atom. The number of carbonyl (C=O) groups is 2. The van der Waals surface area contributed by atoms with Crippen LogP contribution in [0.1, 0.15) is 12.5 Å². The van der Waals surface area contributed by atoms with Crippen LogP contribution < -0.4 is 4.74 Å². The van der Waals surface area contributed by atoms with Gasteiger partial charge in [0.05, 0.1) is 5.37 Å². The van der Waals surface area contributed by atoms with Crippen LogP contribution >= 0.6 is 23.4 Å². The number of ether oxygens (including phenoxy) is 1. The Kier molecular flexibility index (Phi) is 3.75. The van der Waals surface area contributed by atoms with E-state index in [4.69, 9.17) is 16.3 Å². The van der Waals surface area contributed by atoms with E-state index in [1.165, 1.54) is 16.7 Å². The number of amides is 1. The quantitative estimate of drug-likeness (QED) is 0.900. The molecule has 1 aromatic carbocycles. The Balaban J connectivity index is 1.79. The zero-order valence-corrected chi connectivity index (χ0v) is 12.9. The molecule has 1 N–H and O–H groups in total. The number of carbonyl (C=O) groups excluding carboxylic acids is 1. The van der Waals surface area contributed by atoms with Crippen molar-refractivity contribution in [2.45, 2.75) is 30.9 Å². The SMILES string of the molecule is CC1SCC(C(=O)O)N1C(=O)C1Cc2cc(Cl)ccc2O1. The first-order chi connectivity index (χ1) is 9.97. The van der Waals surface area contributed by atoms with Crippen molar-refractivity contribution in [1.29, 1.82) is 0 Å². The van der Waals surface area contributed by atoms with Gasteiger partial charge in [0.25, 0.3) is 5.91 Å². The molecule has 1 aromatic rings. The van der Waals surface area contributed by atoms with Crippen LogP contribution in [0.15, 0.2) is 18.2 Å². The summed E-state index contributed by atoms with van der Waals surface area (Å²) >= 11 is 7.40. The number of thioether (sulfide) groups is 1. The Hall–Kier alpha value is -1.40. The third kappa shape index (κ3) is 2.58. The molecule has 0 aromatic heterocycles. The lowest BCUT2D eigenvalue weighted by molar-refractivity contribution is -0.151. The highest BCUT2D eigenvalue weighted by atomic mass is 35.5. The highest BCUT2D eigenvalue weighted by Crippen LogP contribution is 2.35. The van der Waals surface area contributed by atoms with E-state index in [1.54, 1.807) is 18.2 Å². The van der Waals surface area contributed by atoms with Gasteiger partial charge in [-0.25, -0.2) is 4.79 Å². The number of halogens is 1. The van der Waals surface area contributed by atoms with Crippen LogP contribution in [0.25, 0.3) is 0 Å². The fourth-order valence-electron chi connectivity index (χ4n) is 2.69. The molecule has 112 valence electrons. The minimum Gasteiger partial charge on any atom is -0.480 e. The van der Waals surface area contributed by atoms with Crippen LogP contribution in [-0.2, 0) is 16.0 Å². The normalized spacial score (nSPS) is 27.3. The molecule has 1 fully saturated rings. The number of carboxylic acid groups (broad SMARTS) is 1. The molecule has 3 rings (SSSR count). The maximum atomic E-state index is 12.6. The van der Waals surface area contributed by atoms with Gasteiger partial charge < -0.3 is 14.7 Å². The zero-order chi connectivity index (χ0) is 15.1. The van der Waals surface area contributed by atoms with Crippen molar-refractivity contribution in [2.24, 2.45) is 0 Å². The average molecular weight is 328 g/mol. The van der Waals surface area contributed by atoms with Crippen molar-refractivity contribution in [3.8, 4) is 5.75 Å². The summed E-state index contributed by atoms with van der Waals surface area (Å²) in [4.78, 5) is 25.3. The maximum Gasteiger partial charge on any atom is 0.327 e. The summed E-state index contributed by atoms with van der Waals surface area (Å²) in [6, 6.07) is 4.44. The second-order valence-electron chi connectivity index (χ2n) is 5.09. The number of benzene rings is 1. The second-order valence-corrected chi connectivity index (χ2v) is 6.88. The predicted octanol–water partition coefficient (Wildman–Crippen LogP) is 2.02. The molecule has 21 heavy (non-hydrogen) atoms. The van der Waals surface area contributed by atoms with E-state index in [-0.39, 0.29) is 11.3 Å². The minimum absolute atomic E-state index is 0.158. The van der Waals surface area contributed by atoms with Gasteiger partial charge in [-0.1, -0.05) is 11.6 Å². The van der Waals surface area contributed by atoms with Crippen molar-refractivity contribution in [3.05, 3.63) is 28.8 Å². The molecule has 1 amide bonds. The van der Waals surface area contributed by atoms with Gasteiger partial charge in [-0.05, 0) is 30.7 Å². The average Bonchev–Trinajstić information content (AvgIpc) is 3.00. The summed E-state index contributed by atoms with van der Waals surface area (Å²) in [5.41, 5.74) is 0.882. The molecule has 3 unspecified atom stereocenters. The molecule has 1 saturated heterocycles. The molecule has 7 heteroatoms. The van der Waals surface area contributed by atoms with Crippen molar-refractivity contribution in [1.82, 2.24) is 4.90 Å². The predicted molar refractivity (Wildman–Crippen MR) is 79.8 cm³/mol. The van der Waals surface area contributed by atoms with Gasteiger partial charge in [-0.2, -0.15) is 0 Å². The summed E-state index contributed by atoms with van der Waals surface area (Å²) in [6.45, 7) is 1.84. The Labute approximate surface area is 131 Å². The third-order valence-electron chi connectivity index (χ3n) is 3.73. The Morgan fingerprint density at radius 3 is 2.95 bits per heavy atom. The summed E-state index contributed by atoms with van der Waals surface area (Å²) in [5.74, 6) is -0.191. The Morgan fingerprint density at radius 2 is 2.24 bits per heavy atom. The van der Waals surface area contributed by atoms with Crippen LogP contribution in [0, 0.1) is 0 Å². The molecule has 0 saturated carbocycles. The first kappa shape index (κ1) is 14.5. The van der Waals surface area contributed by atoms with Gasteiger partial charge >= 0.3 is 5.97 Å². The standard InChI is InChI=1S/C14H14ClNO4S/c1-7-16(10(6-21-7)14(18)19)13(17)12-5-8-4-9(15)2-3-11(8)20-12/h2-4,7,10,12H,5-6H2,1H3,(H,18,19). The highest BCUT2D eigenvalue weighted by Gasteiger charge is 2.44. The number of hydrogen-bond donors (Lipinski definition) is 1. The van der Waals surface area contributed by atoms with Gasteiger partial charge in [-0.3, -0.25) is 4.79 Å². The van der Waals surface area contributed by atoms with E-state index in [2.05, 4.69) is 0 Å². The van der Waals surface area contributed by atoms with Crippen LogP contribution in [-0.4, -0.2) is 45.2 Å². The summed E-state index contributed by atoms with van der Waals surface area (Å²) in [5, 5.41) is 9.68. The molecular formula is C14H14ClNO4S. The van der Waals surface area contributed by atoms with Gasteiger partial charge in [-0.15, -0.1) is 11.8 Å². The van der Waals surface area contributed by atoms with Crippen LogP contribution in [0.3, 0.4) is 0 Å². The van der Waals surface area contributed by atoms with Gasteiger partial charge in [0.2, 0.25) is 0 Å². The number of fused-ring (bicyclic) bond motifs is 1. The number of rotatable bonds is 2.